The summed E-state index contributed by atoms with van der Waals surface area (Å²) in [5, 5.41) is 3.28. The Kier molecular flexibility index (Phi) is 5.60. The molecule has 1 atom stereocenters. The second kappa shape index (κ2) is 6.75. The van der Waals surface area contributed by atoms with Crippen molar-refractivity contribution in [1.82, 2.24) is 5.32 Å². The van der Waals surface area contributed by atoms with Gasteiger partial charge in [0.1, 0.15) is 0 Å². The van der Waals surface area contributed by atoms with Gasteiger partial charge in [0.2, 0.25) is 0 Å². The average molecular weight is 271 g/mol. The molecule has 0 aliphatic heterocycles. The van der Waals surface area contributed by atoms with Crippen molar-refractivity contribution >= 4 is 0 Å². The van der Waals surface area contributed by atoms with E-state index in [2.05, 4.69) is 11.9 Å². The average Bonchev–Trinajstić information content (AvgIpc) is 2.37. The van der Waals surface area contributed by atoms with Gasteiger partial charge in [0.05, 0.1) is 5.56 Å². The first-order chi connectivity index (χ1) is 8.88. The number of hydrogen-bond acceptors (Lipinski definition) is 1. The molecule has 4 heteroatoms. The first kappa shape index (κ1) is 15.8. The van der Waals surface area contributed by atoms with Crippen LogP contribution in [0.4, 0.5) is 13.2 Å². The lowest BCUT2D eigenvalue weighted by Crippen LogP contribution is -2.21. The Hall–Kier alpha value is -1.29. The molecule has 1 rings (SSSR count). The van der Waals surface area contributed by atoms with Crippen LogP contribution in [-0.4, -0.2) is 6.54 Å². The van der Waals surface area contributed by atoms with Crippen molar-refractivity contribution in [2.24, 2.45) is 0 Å². The van der Waals surface area contributed by atoms with E-state index < -0.39 is 11.7 Å². The summed E-state index contributed by atoms with van der Waals surface area (Å²) in [5.41, 5.74) is 1.34. The SMILES string of the molecule is C=C(CC)CC(NCC)c1ccc(C(F)(F)F)cc1. The first-order valence-corrected chi connectivity index (χ1v) is 6.45. The van der Waals surface area contributed by atoms with E-state index in [1.807, 2.05) is 13.8 Å². The molecule has 0 spiro atoms. The van der Waals surface area contributed by atoms with E-state index in [0.717, 1.165) is 42.7 Å². The van der Waals surface area contributed by atoms with Crippen LogP contribution < -0.4 is 5.32 Å². The largest absolute Gasteiger partial charge is 0.416 e. The molecule has 0 aromatic heterocycles. The Morgan fingerprint density at radius 2 is 1.79 bits per heavy atom. The van der Waals surface area contributed by atoms with E-state index in [1.165, 1.54) is 0 Å². The van der Waals surface area contributed by atoms with Crippen molar-refractivity contribution in [3.63, 3.8) is 0 Å². The molecule has 1 aromatic rings. The minimum Gasteiger partial charge on any atom is -0.310 e. The van der Waals surface area contributed by atoms with Crippen molar-refractivity contribution in [2.75, 3.05) is 6.54 Å². The summed E-state index contributed by atoms with van der Waals surface area (Å²) in [4.78, 5) is 0. The van der Waals surface area contributed by atoms with Gasteiger partial charge in [-0.2, -0.15) is 13.2 Å². The number of hydrogen-bond donors (Lipinski definition) is 1. The molecule has 0 aliphatic rings. The van der Waals surface area contributed by atoms with E-state index in [1.54, 1.807) is 12.1 Å². The van der Waals surface area contributed by atoms with Gasteiger partial charge in [-0.3, -0.25) is 0 Å². The van der Waals surface area contributed by atoms with Crippen LogP contribution in [0.5, 0.6) is 0 Å². The highest BCUT2D eigenvalue weighted by atomic mass is 19.4. The standard InChI is InChI=1S/C15H20F3N/c1-4-11(3)10-14(19-5-2)12-6-8-13(9-7-12)15(16,17)18/h6-9,14,19H,3-5,10H2,1-2H3. The molecule has 1 aromatic carbocycles. The zero-order valence-corrected chi connectivity index (χ0v) is 11.3. The van der Waals surface area contributed by atoms with Crippen molar-refractivity contribution in [1.29, 1.82) is 0 Å². The lowest BCUT2D eigenvalue weighted by atomic mass is 9.97. The number of benzene rings is 1. The number of halogens is 3. The predicted octanol–water partition coefficient (Wildman–Crippen LogP) is 4.71. The molecule has 19 heavy (non-hydrogen) atoms. The van der Waals surface area contributed by atoms with Crippen molar-refractivity contribution in [3.05, 3.63) is 47.5 Å². The van der Waals surface area contributed by atoms with E-state index in [9.17, 15) is 13.2 Å². The van der Waals surface area contributed by atoms with E-state index in [0.29, 0.717) is 0 Å². The third kappa shape index (κ3) is 4.71. The van der Waals surface area contributed by atoms with Crippen molar-refractivity contribution in [3.8, 4) is 0 Å². The van der Waals surface area contributed by atoms with Gasteiger partial charge in [0.25, 0.3) is 0 Å². The second-order valence-corrected chi connectivity index (χ2v) is 4.54. The van der Waals surface area contributed by atoms with Gasteiger partial charge in [-0.25, -0.2) is 0 Å². The predicted molar refractivity (Wildman–Crippen MR) is 71.9 cm³/mol. The lowest BCUT2D eigenvalue weighted by molar-refractivity contribution is -0.137. The molecule has 0 fully saturated rings. The molecule has 1 nitrogen and oxygen atoms in total. The molecule has 0 bridgehead atoms. The summed E-state index contributed by atoms with van der Waals surface area (Å²) >= 11 is 0. The van der Waals surface area contributed by atoms with Gasteiger partial charge in [-0.1, -0.05) is 38.1 Å². The molecule has 0 saturated heterocycles. The van der Waals surface area contributed by atoms with E-state index in [4.69, 9.17) is 0 Å². The summed E-state index contributed by atoms with van der Waals surface area (Å²) < 4.78 is 37.5. The van der Waals surface area contributed by atoms with Gasteiger partial charge in [0.15, 0.2) is 0 Å². The topological polar surface area (TPSA) is 12.0 Å². The Bertz CT molecular complexity index is 406. The maximum atomic E-state index is 12.5. The fraction of sp³-hybridized carbons (Fsp3) is 0.467. The molecule has 0 saturated carbocycles. The van der Waals surface area contributed by atoms with Crippen LogP contribution in [0.25, 0.3) is 0 Å². The zero-order valence-electron chi connectivity index (χ0n) is 11.3. The highest BCUT2D eigenvalue weighted by molar-refractivity contribution is 5.27. The summed E-state index contributed by atoms with van der Waals surface area (Å²) in [7, 11) is 0. The van der Waals surface area contributed by atoms with E-state index >= 15 is 0 Å². The molecule has 106 valence electrons. The maximum Gasteiger partial charge on any atom is 0.416 e. The van der Waals surface area contributed by atoms with Crippen molar-refractivity contribution < 1.29 is 13.2 Å². The van der Waals surface area contributed by atoms with Gasteiger partial charge >= 0.3 is 6.18 Å². The van der Waals surface area contributed by atoms with Crippen LogP contribution in [0.2, 0.25) is 0 Å². The highest BCUT2D eigenvalue weighted by Crippen LogP contribution is 2.30. The summed E-state index contributed by atoms with van der Waals surface area (Å²) in [6, 6.07) is 5.38. The third-order valence-electron chi connectivity index (χ3n) is 3.08. The fourth-order valence-electron chi connectivity index (χ4n) is 1.89. The monoisotopic (exact) mass is 271 g/mol. The molecule has 0 radical (unpaired) electrons. The normalized spacial score (nSPS) is 13.3. The van der Waals surface area contributed by atoms with Crippen LogP contribution in [0.15, 0.2) is 36.4 Å². The highest BCUT2D eigenvalue weighted by Gasteiger charge is 2.30. The number of nitrogens with one attached hydrogen (secondary N) is 1. The summed E-state index contributed by atoms with van der Waals surface area (Å²) in [6.45, 7) is 8.73. The Balaban J connectivity index is 2.88. The molecular formula is C15H20F3N. The second-order valence-electron chi connectivity index (χ2n) is 4.54. The lowest BCUT2D eigenvalue weighted by Gasteiger charge is -2.20. The summed E-state index contributed by atoms with van der Waals surface area (Å²) in [6.07, 6.45) is -2.66. The van der Waals surface area contributed by atoms with Crippen LogP contribution >= 0.6 is 0 Å². The maximum absolute atomic E-state index is 12.5. The molecule has 1 N–H and O–H groups in total. The minimum absolute atomic E-state index is 0.0275. The fourth-order valence-corrected chi connectivity index (χ4v) is 1.89. The van der Waals surface area contributed by atoms with Crippen LogP contribution in [-0.2, 0) is 6.18 Å². The van der Waals surface area contributed by atoms with Crippen LogP contribution in [0, 0.1) is 0 Å². The van der Waals surface area contributed by atoms with Crippen molar-refractivity contribution in [2.45, 2.75) is 38.9 Å². The van der Waals surface area contributed by atoms with Gasteiger partial charge in [-0.05, 0) is 37.1 Å². The number of alkyl halides is 3. The van der Waals surface area contributed by atoms with Gasteiger partial charge in [-0.15, -0.1) is 0 Å². The van der Waals surface area contributed by atoms with Crippen LogP contribution in [0.1, 0.15) is 43.9 Å². The number of rotatable bonds is 6. The molecular weight excluding hydrogens is 251 g/mol. The molecule has 0 aliphatic carbocycles. The molecule has 0 heterocycles. The third-order valence-corrected chi connectivity index (χ3v) is 3.08. The minimum atomic E-state index is -4.28. The molecule has 1 unspecified atom stereocenters. The van der Waals surface area contributed by atoms with Crippen LogP contribution in [0.3, 0.4) is 0 Å². The summed E-state index contributed by atoms with van der Waals surface area (Å²) in [5.74, 6) is 0. The smallest absolute Gasteiger partial charge is 0.310 e. The van der Waals surface area contributed by atoms with E-state index in [-0.39, 0.29) is 6.04 Å². The van der Waals surface area contributed by atoms with Gasteiger partial charge in [0, 0.05) is 6.04 Å². The Labute approximate surface area is 112 Å². The first-order valence-electron chi connectivity index (χ1n) is 6.45. The quantitative estimate of drug-likeness (QED) is 0.739. The zero-order chi connectivity index (χ0) is 14.5. The molecule has 0 amide bonds. The Morgan fingerprint density at radius 1 is 1.21 bits per heavy atom. The Morgan fingerprint density at radius 3 is 2.21 bits per heavy atom. The van der Waals surface area contributed by atoms with Gasteiger partial charge < -0.3 is 5.32 Å².